The molecule has 0 radical (unpaired) electrons. The van der Waals surface area contributed by atoms with Gasteiger partial charge in [0.25, 0.3) is 5.91 Å². The Hall–Kier alpha value is -2.18. The SMILES string of the molecule is O=C(NC1(c2ccccc2)CCC1)c1ccc(S(=O)(=O)N2CCCCC2)cc1. The molecule has 6 heteroatoms. The predicted octanol–water partition coefficient (Wildman–Crippen LogP) is 3.67. The first-order valence-electron chi connectivity index (χ1n) is 10.00. The lowest BCUT2D eigenvalue weighted by atomic mass is 9.71. The van der Waals surface area contributed by atoms with Crippen LogP contribution in [0.25, 0.3) is 0 Å². The molecule has 1 aliphatic carbocycles. The largest absolute Gasteiger partial charge is 0.343 e. The zero-order valence-corrected chi connectivity index (χ0v) is 16.7. The van der Waals surface area contributed by atoms with Gasteiger partial charge in [-0.25, -0.2) is 8.42 Å². The number of hydrogen-bond donors (Lipinski definition) is 1. The molecule has 2 aliphatic rings. The summed E-state index contributed by atoms with van der Waals surface area (Å²) in [4.78, 5) is 13.1. The van der Waals surface area contributed by atoms with E-state index in [0.29, 0.717) is 18.7 Å². The number of nitrogens with zero attached hydrogens (tertiary/aromatic N) is 1. The van der Waals surface area contributed by atoms with Crippen LogP contribution in [-0.2, 0) is 15.6 Å². The van der Waals surface area contributed by atoms with Gasteiger partial charge >= 0.3 is 0 Å². The van der Waals surface area contributed by atoms with Crippen molar-refractivity contribution in [2.24, 2.45) is 0 Å². The fourth-order valence-corrected chi connectivity index (χ4v) is 5.61. The molecule has 0 atom stereocenters. The zero-order valence-electron chi connectivity index (χ0n) is 15.9. The third-order valence-electron chi connectivity index (χ3n) is 5.96. The molecular weight excluding hydrogens is 372 g/mol. The van der Waals surface area contributed by atoms with Crippen LogP contribution in [-0.4, -0.2) is 31.7 Å². The molecule has 0 unspecified atom stereocenters. The van der Waals surface area contributed by atoms with Gasteiger partial charge in [-0.2, -0.15) is 4.31 Å². The van der Waals surface area contributed by atoms with E-state index in [2.05, 4.69) is 5.32 Å². The van der Waals surface area contributed by atoms with Crippen molar-refractivity contribution in [3.8, 4) is 0 Å². The standard InChI is InChI=1S/C22H26N2O3S/c25-21(23-22(14-7-15-22)19-8-3-1-4-9-19)18-10-12-20(13-11-18)28(26,27)24-16-5-2-6-17-24/h1,3-4,8-13H,2,5-7,14-17H2,(H,23,25). The van der Waals surface area contributed by atoms with E-state index >= 15 is 0 Å². The van der Waals surface area contributed by atoms with E-state index in [-0.39, 0.29) is 16.3 Å². The lowest BCUT2D eigenvalue weighted by Crippen LogP contribution is -2.50. The number of carbonyl (C=O) groups is 1. The van der Waals surface area contributed by atoms with Gasteiger partial charge < -0.3 is 5.32 Å². The summed E-state index contributed by atoms with van der Waals surface area (Å²) in [6.07, 6.45) is 5.81. The molecule has 2 aromatic carbocycles. The van der Waals surface area contributed by atoms with E-state index in [1.807, 2.05) is 30.3 Å². The van der Waals surface area contributed by atoms with Crippen molar-refractivity contribution in [3.05, 3.63) is 65.7 Å². The van der Waals surface area contributed by atoms with Crippen LogP contribution < -0.4 is 5.32 Å². The molecular formula is C22H26N2O3S. The van der Waals surface area contributed by atoms with Crippen LogP contribution >= 0.6 is 0 Å². The first-order valence-corrected chi connectivity index (χ1v) is 11.4. The highest BCUT2D eigenvalue weighted by molar-refractivity contribution is 7.89. The molecule has 1 saturated heterocycles. The van der Waals surface area contributed by atoms with Crippen molar-refractivity contribution in [2.75, 3.05) is 13.1 Å². The minimum Gasteiger partial charge on any atom is -0.343 e. The Morgan fingerprint density at radius 1 is 0.857 bits per heavy atom. The lowest BCUT2D eigenvalue weighted by Gasteiger charge is -2.43. The zero-order chi connectivity index (χ0) is 19.6. The highest BCUT2D eigenvalue weighted by Crippen LogP contribution is 2.41. The van der Waals surface area contributed by atoms with Crippen molar-refractivity contribution in [3.63, 3.8) is 0 Å². The third-order valence-corrected chi connectivity index (χ3v) is 7.87. The van der Waals surface area contributed by atoms with Crippen LogP contribution in [0.15, 0.2) is 59.5 Å². The molecule has 1 heterocycles. The van der Waals surface area contributed by atoms with Crippen molar-refractivity contribution in [1.29, 1.82) is 0 Å². The molecule has 5 nitrogen and oxygen atoms in total. The summed E-state index contributed by atoms with van der Waals surface area (Å²) in [5, 5.41) is 3.19. The predicted molar refractivity (Wildman–Crippen MR) is 108 cm³/mol. The smallest absolute Gasteiger partial charge is 0.251 e. The number of rotatable bonds is 5. The van der Waals surface area contributed by atoms with Crippen molar-refractivity contribution in [2.45, 2.75) is 49.0 Å². The highest BCUT2D eigenvalue weighted by Gasteiger charge is 2.40. The van der Waals surface area contributed by atoms with E-state index < -0.39 is 10.0 Å². The van der Waals surface area contributed by atoms with E-state index in [1.165, 1.54) is 0 Å². The molecule has 1 aliphatic heterocycles. The minimum atomic E-state index is -3.47. The van der Waals surface area contributed by atoms with Crippen LogP contribution in [0.5, 0.6) is 0 Å². The minimum absolute atomic E-state index is 0.162. The Balaban J connectivity index is 1.50. The summed E-state index contributed by atoms with van der Waals surface area (Å²) in [7, 11) is -3.47. The van der Waals surface area contributed by atoms with Gasteiger partial charge in [-0.3, -0.25) is 4.79 Å². The van der Waals surface area contributed by atoms with Gasteiger partial charge in [0, 0.05) is 18.7 Å². The number of carbonyl (C=O) groups excluding carboxylic acids is 1. The Morgan fingerprint density at radius 2 is 1.50 bits per heavy atom. The molecule has 148 valence electrons. The number of nitrogens with one attached hydrogen (secondary N) is 1. The number of hydrogen-bond acceptors (Lipinski definition) is 3. The van der Waals surface area contributed by atoms with Crippen LogP contribution in [0.1, 0.15) is 54.4 Å². The summed E-state index contributed by atoms with van der Waals surface area (Å²) < 4.78 is 27.1. The molecule has 1 N–H and O–H groups in total. The molecule has 0 bridgehead atoms. The number of amides is 1. The molecule has 28 heavy (non-hydrogen) atoms. The summed E-state index contributed by atoms with van der Waals surface area (Å²) in [5.41, 5.74) is 1.30. The topological polar surface area (TPSA) is 66.5 Å². The van der Waals surface area contributed by atoms with Crippen LogP contribution in [0, 0.1) is 0 Å². The van der Waals surface area contributed by atoms with Gasteiger partial charge in [0.05, 0.1) is 10.4 Å². The van der Waals surface area contributed by atoms with E-state index in [9.17, 15) is 13.2 Å². The molecule has 0 spiro atoms. The lowest BCUT2D eigenvalue weighted by molar-refractivity contribution is 0.0823. The summed E-state index contributed by atoms with van der Waals surface area (Å²) in [6, 6.07) is 16.4. The molecule has 2 fully saturated rings. The first kappa shape index (κ1) is 19.2. The van der Waals surface area contributed by atoms with Crippen molar-refractivity contribution >= 4 is 15.9 Å². The maximum absolute atomic E-state index is 12.8. The Kier molecular flexibility index (Phi) is 5.25. The average Bonchev–Trinajstić information content (AvgIpc) is 2.72. The first-order chi connectivity index (χ1) is 13.5. The van der Waals surface area contributed by atoms with Gasteiger partial charge in [-0.1, -0.05) is 36.8 Å². The van der Waals surface area contributed by atoms with Crippen molar-refractivity contribution < 1.29 is 13.2 Å². The van der Waals surface area contributed by atoms with Gasteiger partial charge in [0.1, 0.15) is 0 Å². The fraction of sp³-hybridized carbons (Fsp3) is 0.409. The fourth-order valence-electron chi connectivity index (χ4n) is 4.10. The van der Waals surface area contributed by atoms with Gasteiger partial charge in [0.2, 0.25) is 10.0 Å². The average molecular weight is 399 g/mol. The molecule has 0 aromatic heterocycles. The second-order valence-electron chi connectivity index (χ2n) is 7.74. The van der Waals surface area contributed by atoms with Gasteiger partial charge in [-0.15, -0.1) is 0 Å². The monoisotopic (exact) mass is 398 g/mol. The number of sulfonamides is 1. The van der Waals surface area contributed by atoms with Crippen molar-refractivity contribution in [1.82, 2.24) is 9.62 Å². The Bertz CT molecular complexity index is 930. The molecule has 1 amide bonds. The second kappa shape index (κ2) is 7.68. The maximum atomic E-state index is 12.8. The molecule has 2 aromatic rings. The van der Waals surface area contributed by atoms with Crippen LogP contribution in [0.2, 0.25) is 0 Å². The molecule has 1 saturated carbocycles. The summed E-state index contributed by atoms with van der Waals surface area (Å²) in [5.74, 6) is -0.162. The number of piperidine rings is 1. The highest BCUT2D eigenvalue weighted by atomic mass is 32.2. The van der Waals surface area contributed by atoms with E-state index in [4.69, 9.17) is 0 Å². The number of benzene rings is 2. The summed E-state index contributed by atoms with van der Waals surface area (Å²) in [6.45, 7) is 1.15. The Labute approximate surface area is 166 Å². The molecule has 4 rings (SSSR count). The van der Waals surface area contributed by atoms with Crippen LogP contribution in [0.3, 0.4) is 0 Å². The van der Waals surface area contributed by atoms with E-state index in [1.54, 1.807) is 28.6 Å². The van der Waals surface area contributed by atoms with Crippen LogP contribution in [0.4, 0.5) is 0 Å². The van der Waals surface area contributed by atoms with Gasteiger partial charge in [0.15, 0.2) is 0 Å². The normalized spacial score (nSPS) is 19.6. The third kappa shape index (κ3) is 3.59. The Morgan fingerprint density at radius 3 is 2.07 bits per heavy atom. The van der Waals surface area contributed by atoms with E-state index in [0.717, 1.165) is 44.1 Å². The maximum Gasteiger partial charge on any atom is 0.251 e. The summed E-state index contributed by atoms with van der Waals surface area (Å²) >= 11 is 0. The van der Waals surface area contributed by atoms with Gasteiger partial charge in [-0.05, 0) is 61.9 Å². The second-order valence-corrected chi connectivity index (χ2v) is 9.68. The quantitative estimate of drug-likeness (QED) is 0.836.